The summed E-state index contributed by atoms with van der Waals surface area (Å²) >= 11 is 0. The number of hydrogen-bond donors (Lipinski definition) is 2. The van der Waals surface area contributed by atoms with Crippen molar-refractivity contribution in [2.24, 2.45) is 5.84 Å². The minimum Gasteiger partial charge on any atom is -0.271 e. The van der Waals surface area contributed by atoms with Gasteiger partial charge >= 0.3 is 0 Å². The summed E-state index contributed by atoms with van der Waals surface area (Å²) in [6.45, 7) is 2.18. The maximum absolute atomic E-state index is 13.5. The lowest BCUT2D eigenvalue weighted by atomic mass is 10.00. The van der Waals surface area contributed by atoms with Gasteiger partial charge in [0, 0.05) is 12.1 Å². The first-order valence-corrected chi connectivity index (χ1v) is 7.07. The lowest BCUT2D eigenvalue weighted by Crippen LogP contribution is -2.36. The summed E-state index contributed by atoms with van der Waals surface area (Å²) in [5.74, 6) is 4.46. The van der Waals surface area contributed by atoms with Crippen molar-refractivity contribution >= 4 is 0 Å². The fourth-order valence-corrected chi connectivity index (χ4v) is 2.19. The number of rotatable bonds is 9. The first-order valence-electron chi connectivity index (χ1n) is 7.07. The Kier molecular flexibility index (Phi) is 7.60. The third kappa shape index (κ3) is 6.12. The van der Waals surface area contributed by atoms with Crippen LogP contribution in [-0.4, -0.2) is 6.04 Å². The highest BCUT2D eigenvalue weighted by Crippen LogP contribution is 2.15. The number of benzene rings is 1. The number of nitrogens with two attached hydrogens (primary N) is 1. The van der Waals surface area contributed by atoms with Crippen molar-refractivity contribution in [2.75, 3.05) is 0 Å². The predicted octanol–water partition coefficient (Wildman–Crippen LogP) is 3.70. The molecule has 0 saturated heterocycles. The number of hydrogen-bond acceptors (Lipinski definition) is 2. The highest BCUT2D eigenvalue weighted by atomic mass is 19.1. The molecule has 0 radical (unpaired) electrons. The van der Waals surface area contributed by atoms with Crippen molar-refractivity contribution in [1.29, 1.82) is 0 Å². The van der Waals surface area contributed by atoms with E-state index in [0.717, 1.165) is 18.9 Å². The number of nitrogens with one attached hydrogen (secondary N) is 1. The molecule has 108 valence electrons. The van der Waals surface area contributed by atoms with E-state index in [9.17, 15) is 8.78 Å². The minimum atomic E-state index is -0.543. The molecule has 3 N–H and O–H groups in total. The molecule has 0 aliphatic carbocycles. The van der Waals surface area contributed by atoms with Crippen LogP contribution < -0.4 is 11.3 Å². The molecule has 1 aromatic carbocycles. The fourth-order valence-electron chi connectivity index (χ4n) is 2.19. The highest BCUT2D eigenvalue weighted by molar-refractivity contribution is 5.19. The third-order valence-corrected chi connectivity index (χ3v) is 3.37. The standard InChI is InChI=1S/C15H24F2N2/c1-2-3-4-5-6-7-14(19-18)10-12-8-9-13(16)11-15(12)17/h8-9,11,14,19H,2-7,10,18H2,1H3. The molecule has 0 bridgehead atoms. The summed E-state index contributed by atoms with van der Waals surface area (Å²) in [6, 6.07) is 3.74. The van der Waals surface area contributed by atoms with E-state index in [-0.39, 0.29) is 6.04 Å². The lowest BCUT2D eigenvalue weighted by Gasteiger charge is -2.16. The van der Waals surface area contributed by atoms with Gasteiger partial charge in [-0.1, -0.05) is 45.1 Å². The zero-order valence-corrected chi connectivity index (χ0v) is 11.6. The van der Waals surface area contributed by atoms with E-state index in [1.807, 2.05) is 0 Å². The molecule has 0 aromatic heterocycles. The molecule has 0 saturated carbocycles. The molecule has 19 heavy (non-hydrogen) atoms. The van der Waals surface area contributed by atoms with Crippen LogP contribution in [0.1, 0.15) is 51.0 Å². The van der Waals surface area contributed by atoms with Crippen LogP contribution in [0.2, 0.25) is 0 Å². The van der Waals surface area contributed by atoms with E-state index < -0.39 is 11.6 Å². The van der Waals surface area contributed by atoms with Gasteiger partial charge in [-0.15, -0.1) is 0 Å². The average Bonchev–Trinajstić information content (AvgIpc) is 2.39. The first-order chi connectivity index (χ1) is 9.17. The fraction of sp³-hybridized carbons (Fsp3) is 0.600. The zero-order valence-electron chi connectivity index (χ0n) is 11.6. The summed E-state index contributed by atoms with van der Waals surface area (Å²) < 4.78 is 26.3. The van der Waals surface area contributed by atoms with E-state index in [0.29, 0.717) is 12.0 Å². The zero-order chi connectivity index (χ0) is 14.1. The first kappa shape index (κ1) is 16.1. The number of unbranched alkanes of at least 4 members (excludes halogenated alkanes) is 4. The normalized spacial score (nSPS) is 12.6. The van der Waals surface area contributed by atoms with Crippen LogP contribution in [0.5, 0.6) is 0 Å². The molecule has 1 unspecified atom stereocenters. The van der Waals surface area contributed by atoms with Gasteiger partial charge in [0.25, 0.3) is 0 Å². The Balaban J connectivity index is 2.39. The molecule has 2 nitrogen and oxygen atoms in total. The minimum absolute atomic E-state index is 0.0431. The topological polar surface area (TPSA) is 38.0 Å². The van der Waals surface area contributed by atoms with E-state index in [1.54, 1.807) is 0 Å². The van der Waals surface area contributed by atoms with Crippen molar-refractivity contribution in [3.63, 3.8) is 0 Å². The molecule has 4 heteroatoms. The smallest absolute Gasteiger partial charge is 0.129 e. The number of halogens is 2. The van der Waals surface area contributed by atoms with Gasteiger partial charge in [-0.3, -0.25) is 11.3 Å². The summed E-state index contributed by atoms with van der Waals surface area (Å²) in [5.41, 5.74) is 3.23. The molecular weight excluding hydrogens is 246 g/mol. The Morgan fingerprint density at radius 2 is 1.89 bits per heavy atom. The molecule has 1 aromatic rings. The Hall–Kier alpha value is -1.00. The average molecular weight is 270 g/mol. The molecule has 0 aliphatic heterocycles. The quantitative estimate of drug-likeness (QED) is 0.408. The van der Waals surface area contributed by atoms with Crippen molar-refractivity contribution < 1.29 is 8.78 Å². The van der Waals surface area contributed by atoms with Crippen LogP contribution >= 0.6 is 0 Å². The molecule has 0 heterocycles. The second-order valence-corrected chi connectivity index (χ2v) is 5.01. The van der Waals surface area contributed by atoms with Gasteiger partial charge in [0.15, 0.2) is 0 Å². The van der Waals surface area contributed by atoms with Gasteiger partial charge in [-0.25, -0.2) is 8.78 Å². The van der Waals surface area contributed by atoms with Gasteiger partial charge in [0.05, 0.1) is 0 Å². The van der Waals surface area contributed by atoms with Crippen molar-refractivity contribution in [1.82, 2.24) is 5.43 Å². The van der Waals surface area contributed by atoms with Crippen LogP contribution in [0.4, 0.5) is 8.78 Å². The van der Waals surface area contributed by atoms with Gasteiger partial charge < -0.3 is 0 Å². The Morgan fingerprint density at radius 3 is 2.53 bits per heavy atom. The summed E-state index contributed by atoms with van der Waals surface area (Å²) in [6.07, 6.45) is 7.38. The summed E-state index contributed by atoms with van der Waals surface area (Å²) in [5, 5.41) is 0. The van der Waals surface area contributed by atoms with Gasteiger partial charge in [0.2, 0.25) is 0 Å². The summed E-state index contributed by atoms with van der Waals surface area (Å²) in [7, 11) is 0. The van der Waals surface area contributed by atoms with Crippen LogP contribution in [0.25, 0.3) is 0 Å². The highest BCUT2D eigenvalue weighted by Gasteiger charge is 2.11. The van der Waals surface area contributed by atoms with Crippen molar-refractivity contribution in [3.05, 3.63) is 35.4 Å². The molecule has 0 aliphatic rings. The maximum Gasteiger partial charge on any atom is 0.129 e. The summed E-state index contributed by atoms with van der Waals surface area (Å²) in [4.78, 5) is 0. The van der Waals surface area contributed by atoms with Crippen molar-refractivity contribution in [3.8, 4) is 0 Å². The number of hydrazine groups is 1. The van der Waals surface area contributed by atoms with Crippen molar-refractivity contribution in [2.45, 2.75) is 57.9 Å². The van der Waals surface area contributed by atoms with E-state index in [4.69, 9.17) is 5.84 Å². The molecular formula is C15H24F2N2. The largest absolute Gasteiger partial charge is 0.271 e. The molecule has 0 fully saturated rings. The van der Waals surface area contributed by atoms with E-state index in [2.05, 4.69) is 12.3 Å². The second kappa shape index (κ2) is 8.99. The maximum atomic E-state index is 13.5. The van der Waals surface area contributed by atoms with Crippen LogP contribution in [0.3, 0.4) is 0 Å². The molecule has 1 rings (SSSR count). The second-order valence-electron chi connectivity index (χ2n) is 5.01. The van der Waals surface area contributed by atoms with Crippen LogP contribution in [0, 0.1) is 11.6 Å². The van der Waals surface area contributed by atoms with Gasteiger partial charge in [-0.2, -0.15) is 0 Å². The van der Waals surface area contributed by atoms with Crippen LogP contribution in [0.15, 0.2) is 18.2 Å². The Labute approximate surface area is 114 Å². The predicted molar refractivity (Wildman–Crippen MR) is 74.5 cm³/mol. The molecule has 1 atom stereocenters. The Bertz CT molecular complexity index is 369. The lowest BCUT2D eigenvalue weighted by molar-refractivity contribution is 0.452. The third-order valence-electron chi connectivity index (χ3n) is 3.37. The van der Waals surface area contributed by atoms with E-state index in [1.165, 1.54) is 37.8 Å². The molecule has 0 spiro atoms. The monoisotopic (exact) mass is 270 g/mol. The Morgan fingerprint density at radius 1 is 1.16 bits per heavy atom. The van der Waals surface area contributed by atoms with Crippen LogP contribution in [-0.2, 0) is 6.42 Å². The molecule has 0 amide bonds. The SMILES string of the molecule is CCCCCCCC(Cc1ccc(F)cc1F)NN. The van der Waals surface area contributed by atoms with E-state index >= 15 is 0 Å². The van der Waals surface area contributed by atoms with Gasteiger partial charge in [0.1, 0.15) is 11.6 Å². The van der Waals surface area contributed by atoms with Gasteiger partial charge in [-0.05, 0) is 24.5 Å².